The quantitative estimate of drug-likeness (QED) is 0.817. The molecule has 0 aromatic carbocycles. The highest BCUT2D eigenvalue weighted by Crippen LogP contribution is 2.38. The van der Waals surface area contributed by atoms with E-state index in [1.807, 2.05) is 34.6 Å². The summed E-state index contributed by atoms with van der Waals surface area (Å²) in [5.41, 5.74) is 0.0300. The van der Waals surface area contributed by atoms with Crippen molar-refractivity contribution in [2.24, 2.45) is 5.92 Å². The van der Waals surface area contributed by atoms with Crippen molar-refractivity contribution in [1.82, 2.24) is 15.2 Å². The van der Waals surface area contributed by atoms with E-state index >= 15 is 0 Å². The van der Waals surface area contributed by atoms with Gasteiger partial charge in [-0.15, -0.1) is 0 Å². The fraction of sp³-hybridized carbons (Fsp3) is 0.588. The summed E-state index contributed by atoms with van der Waals surface area (Å²) >= 11 is 0. The third kappa shape index (κ3) is 3.88. The second-order valence-corrected chi connectivity index (χ2v) is 7.36. The van der Waals surface area contributed by atoms with Crippen LogP contribution in [0, 0.1) is 5.92 Å². The fourth-order valence-corrected chi connectivity index (χ4v) is 2.83. The zero-order valence-electron chi connectivity index (χ0n) is 14.3. The van der Waals surface area contributed by atoms with Gasteiger partial charge >= 0.3 is 0 Å². The minimum atomic E-state index is -1.23. The van der Waals surface area contributed by atoms with Gasteiger partial charge in [0.15, 0.2) is 6.10 Å². The van der Waals surface area contributed by atoms with Crippen molar-refractivity contribution in [2.45, 2.75) is 58.3 Å². The van der Waals surface area contributed by atoms with Crippen LogP contribution in [0.1, 0.15) is 45.0 Å². The van der Waals surface area contributed by atoms with E-state index in [1.165, 1.54) is 6.20 Å². The van der Waals surface area contributed by atoms with E-state index in [4.69, 9.17) is 0 Å². The lowest BCUT2D eigenvalue weighted by Gasteiger charge is -2.22. The third-order valence-corrected chi connectivity index (χ3v) is 3.82. The monoisotopic (exact) mass is 319 g/mol. The van der Waals surface area contributed by atoms with E-state index in [9.17, 15) is 14.7 Å². The highest BCUT2D eigenvalue weighted by Gasteiger charge is 2.57. The summed E-state index contributed by atoms with van der Waals surface area (Å²) in [6.45, 7) is 9.50. The molecule has 0 radical (unpaired) electrons. The topological polar surface area (TPSA) is 82.3 Å². The molecule has 6 heteroatoms. The van der Waals surface area contributed by atoms with Crippen LogP contribution in [-0.2, 0) is 4.79 Å². The lowest BCUT2D eigenvalue weighted by Crippen LogP contribution is -2.48. The number of carbonyl (C=O) groups excluding carboxylic acids is 2. The molecular weight excluding hydrogens is 294 g/mol. The Labute approximate surface area is 136 Å². The molecule has 1 aromatic rings. The van der Waals surface area contributed by atoms with Crippen molar-refractivity contribution in [3.05, 3.63) is 30.1 Å². The molecule has 1 aromatic heterocycles. The van der Waals surface area contributed by atoms with Gasteiger partial charge in [-0.1, -0.05) is 13.8 Å². The van der Waals surface area contributed by atoms with Crippen LogP contribution < -0.4 is 5.32 Å². The smallest absolute Gasteiger partial charge is 0.256 e. The average molecular weight is 319 g/mol. The second-order valence-electron chi connectivity index (χ2n) is 7.36. The van der Waals surface area contributed by atoms with Crippen molar-refractivity contribution >= 4 is 11.8 Å². The van der Waals surface area contributed by atoms with Gasteiger partial charge in [-0.3, -0.25) is 14.6 Å². The van der Waals surface area contributed by atoms with Crippen LogP contribution in [0.5, 0.6) is 0 Å². The Bertz CT molecular complexity index is 580. The molecule has 2 heterocycles. The first-order valence-corrected chi connectivity index (χ1v) is 7.86. The van der Waals surface area contributed by atoms with Crippen molar-refractivity contribution < 1.29 is 14.7 Å². The summed E-state index contributed by atoms with van der Waals surface area (Å²) in [6.07, 6.45) is 1.86. The number of hydrogen-bond acceptors (Lipinski definition) is 4. The Morgan fingerprint density at radius 2 is 1.96 bits per heavy atom. The second kappa shape index (κ2) is 6.28. The first-order chi connectivity index (χ1) is 10.6. The molecule has 2 amide bonds. The molecule has 2 rings (SSSR count). The SMILES string of the molecule is CC(C)[C@H]1[C@H]([C@H](O)C(=O)NC(C)(C)C)N1C(=O)c1cccnc1. The zero-order valence-corrected chi connectivity index (χ0v) is 14.3. The molecule has 0 saturated carbocycles. The van der Waals surface area contributed by atoms with Gasteiger partial charge in [0.25, 0.3) is 11.8 Å². The van der Waals surface area contributed by atoms with E-state index in [0.29, 0.717) is 5.56 Å². The van der Waals surface area contributed by atoms with Gasteiger partial charge in [-0.25, -0.2) is 0 Å². The summed E-state index contributed by atoms with van der Waals surface area (Å²) < 4.78 is 0. The summed E-state index contributed by atoms with van der Waals surface area (Å²) in [4.78, 5) is 30.3. The largest absolute Gasteiger partial charge is 0.381 e. The Kier molecular flexibility index (Phi) is 4.75. The van der Waals surface area contributed by atoms with Crippen molar-refractivity contribution in [2.75, 3.05) is 0 Å². The van der Waals surface area contributed by atoms with Gasteiger partial charge in [-0.2, -0.15) is 0 Å². The Morgan fingerprint density at radius 3 is 2.43 bits per heavy atom. The van der Waals surface area contributed by atoms with Gasteiger partial charge < -0.3 is 15.3 Å². The lowest BCUT2D eigenvalue weighted by molar-refractivity contribution is -0.131. The van der Waals surface area contributed by atoms with Crippen LogP contribution in [0.15, 0.2) is 24.5 Å². The first kappa shape index (κ1) is 17.4. The minimum absolute atomic E-state index is 0.150. The molecule has 126 valence electrons. The maximum Gasteiger partial charge on any atom is 0.256 e. The van der Waals surface area contributed by atoms with Gasteiger partial charge in [0.2, 0.25) is 0 Å². The number of carbonyl (C=O) groups is 2. The molecule has 0 unspecified atom stereocenters. The van der Waals surface area contributed by atoms with Crippen LogP contribution in [0.25, 0.3) is 0 Å². The third-order valence-electron chi connectivity index (χ3n) is 3.82. The van der Waals surface area contributed by atoms with E-state index < -0.39 is 23.6 Å². The number of pyridine rings is 1. The molecule has 0 aliphatic carbocycles. The number of aliphatic hydroxyl groups excluding tert-OH is 1. The fourth-order valence-electron chi connectivity index (χ4n) is 2.83. The number of amides is 2. The van der Waals surface area contributed by atoms with Crippen molar-refractivity contribution in [3.63, 3.8) is 0 Å². The average Bonchev–Trinajstić information content (AvgIpc) is 3.20. The highest BCUT2D eigenvalue weighted by atomic mass is 16.3. The highest BCUT2D eigenvalue weighted by molar-refractivity contribution is 5.97. The zero-order chi connectivity index (χ0) is 17.4. The molecule has 2 N–H and O–H groups in total. The molecule has 1 saturated heterocycles. The summed E-state index contributed by atoms with van der Waals surface area (Å²) in [7, 11) is 0. The van der Waals surface area contributed by atoms with E-state index in [0.717, 1.165) is 0 Å². The maximum atomic E-state index is 12.6. The van der Waals surface area contributed by atoms with Gasteiger partial charge in [0, 0.05) is 17.9 Å². The molecule has 1 aliphatic heterocycles. The van der Waals surface area contributed by atoms with Gasteiger partial charge in [0.05, 0.1) is 17.6 Å². The molecule has 1 aliphatic rings. The number of nitrogens with zero attached hydrogens (tertiary/aromatic N) is 2. The van der Waals surface area contributed by atoms with Crippen LogP contribution in [0.2, 0.25) is 0 Å². The van der Waals surface area contributed by atoms with Crippen LogP contribution in [0.3, 0.4) is 0 Å². The van der Waals surface area contributed by atoms with Crippen LogP contribution in [0.4, 0.5) is 0 Å². The number of rotatable bonds is 4. The van der Waals surface area contributed by atoms with E-state index in [2.05, 4.69) is 10.3 Å². The van der Waals surface area contributed by atoms with Crippen LogP contribution >= 0.6 is 0 Å². The summed E-state index contributed by atoms with van der Waals surface area (Å²) in [6, 6.07) is 2.73. The van der Waals surface area contributed by atoms with E-state index in [1.54, 1.807) is 23.2 Å². The molecule has 23 heavy (non-hydrogen) atoms. The molecule has 3 atom stereocenters. The van der Waals surface area contributed by atoms with Crippen molar-refractivity contribution in [1.29, 1.82) is 0 Å². The molecule has 0 spiro atoms. The molecule has 0 bridgehead atoms. The Balaban J connectivity index is 2.15. The predicted molar refractivity (Wildman–Crippen MR) is 86.7 cm³/mol. The Hall–Kier alpha value is -1.95. The lowest BCUT2D eigenvalue weighted by atomic mass is 10.0. The number of aliphatic hydroxyl groups is 1. The van der Waals surface area contributed by atoms with E-state index in [-0.39, 0.29) is 17.9 Å². The standard InChI is InChI=1S/C17H25N3O3/c1-10(2)12-13(14(21)15(22)19-17(3,4)5)20(12)16(23)11-7-6-8-18-9-11/h6-10,12-14,21H,1-5H3,(H,19,22)/t12-,13+,14-,20?/m0/s1. The van der Waals surface area contributed by atoms with Crippen molar-refractivity contribution in [3.8, 4) is 0 Å². The normalized spacial score (nSPS) is 22.0. The number of hydrogen-bond donors (Lipinski definition) is 2. The van der Waals surface area contributed by atoms with Gasteiger partial charge in [0.1, 0.15) is 0 Å². The summed E-state index contributed by atoms with van der Waals surface area (Å²) in [5.74, 6) is -0.503. The number of aromatic nitrogens is 1. The maximum absolute atomic E-state index is 12.6. The molecule has 6 nitrogen and oxygen atoms in total. The van der Waals surface area contributed by atoms with Gasteiger partial charge in [-0.05, 0) is 38.8 Å². The minimum Gasteiger partial charge on any atom is -0.381 e. The first-order valence-electron chi connectivity index (χ1n) is 7.86. The number of nitrogens with one attached hydrogen (secondary N) is 1. The molecule has 1 fully saturated rings. The summed E-state index contributed by atoms with van der Waals surface area (Å²) in [5, 5.41) is 13.1. The molecular formula is C17H25N3O3. The predicted octanol–water partition coefficient (Wildman–Crippen LogP) is 1.21. The Morgan fingerprint density at radius 1 is 1.30 bits per heavy atom. The van der Waals surface area contributed by atoms with Crippen LogP contribution in [-0.4, -0.2) is 50.5 Å².